The molecule has 0 radical (unpaired) electrons. The first-order valence-electron chi connectivity index (χ1n) is 6.92. The number of nitrogens with zero attached hydrogens (tertiary/aromatic N) is 1. The van der Waals surface area contributed by atoms with Crippen molar-refractivity contribution in [3.8, 4) is 5.75 Å². The lowest BCUT2D eigenvalue weighted by Crippen LogP contribution is -2.40. The lowest BCUT2D eigenvalue weighted by atomic mass is 9.72. The van der Waals surface area contributed by atoms with Crippen LogP contribution in [0.5, 0.6) is 5.75 Å². The van der Waals surface area contributed by atoms with Gasteiger partial charge in [-0.3, -0.25) is 4.98 Å². The highest BCUT2D eigenvalue weighted by Gasteiger charge is 2.36. The van der Waals surface area contributed by atoms with Crippen LogP contribution in [0.1, 0.15) is 39.5 Å². The molecule has 106 valence electrons. The van der Waals surface area contributed by atoms with E-state index in [9.17, 15) is 5.11 Å². The van der Waals surface area contributed by atoms with Gasteiger partial charge in [-0.15, -0.1) is 0 Å². The Morgan fingerprint density at radius 3 is 2.79 bits per heavy atom. The van der Waals surface area contributed by atoms with Crippen molar-refractivity contribution < 1.29 is 9.84 Å². The molecule has 4 heteroatoms. The third kappa shape index (κ3) is 4.08. The van der Waals surface area contributed by atoms with Crippen molar-refractivity contribution in [1.82, 2.24) is 4.98 Å². The predicted molar refractivity (Wildman–Crippen MR) is 76.5 cm³/mol. The molecule has 1 fully saturated rings. The summed E-state index contributed by atoms with van der Waals surface area (Å²) in [4.78, 5) is 4.01. The summed E-state index contributed by atoms with van der Waals surface area (Å²) in [5, 5.41) is 10.8. The fourth-order valence-corrected chi connectivity index (χ4v) is 3.18. The minimum atomic E-state index is -0.638. The van der Waals surface area contributed by atoms with E-state index in [4.69, 9.17) is 16.3 Å². The number of pyridine rings is 1. The van der Waals surface area contributed by atoms with E-state index >= 15 is 0 Å². The molecule has 0 amide bonds. The molecule has 0 saturated heterocycles. The smallest absolute Gasteiger partial charge is 0.139 e. The molecule has 1 N–H and O–H groups in total. The number of ether oxygens (including phenoxy) is 1. The zero-order valence-corrected chi connectivity index (χ0v) is 12.4. The van der Waals surface area contributed by atoms with Crippen LogP contribution in [-0.4, -0.2) is 22.3 Å². The Morgan fingerprint density at radius 2 is 2.11 bits per heavy atom. The first-order valence-corrected chi connectivity index (χ1v) is 7.30. The molecule has 2 atom stereocenters. The van der Waals surface area contributed by atoms with Crippen LogP contribution in [0.2, 0.25) is 5.02 Å². The Kier molecular flexibility index (Phi) is 4.69. The van der Waals surface area contributed by atoms with Crippen LogP contribution in [0.4, 0.5) is 0 Å². The normalized spacial score (nSPS) is 24.2. The lowest BCUT2D eigenvalue weighted by Gasteiger charge is -2.39. The first kappa shape index (κ1) is 14.6. The molecule has 2 unspecified atom stereocenters. The summed E-state index contributed by atoms with van der Waals surface area (Å²) >= 11 is 5.89. The van der Waals surface area contributed by atoms with Gasteiger partial charge < -0.3 is 9.84 Å². The Bertz CT molecular complexity index is 417. The van der Waals surface area contributed by atoms with Crippen molar-refractivity contribution in [1.29, 1.82) is 0 Å². The molecular formula is C15H22ClNO2. The standard InChI is InChI=1S/C15H22ClNO2/c1-15(2,18)14-6-4-3-5-11(14)10-19-13-7-12(16)8-17-9-13/h7-9,11,14,18H,3-6,10H2,1-2H3. The van der Waals surface area contributed by atoms with Crippen molar-refractivity contribution in [3.05, 3.63) is 23.5 Å². The molecule has 3 nitrogen and oxygen atoms in total. The van der Waals surface area contributed by atoms with E-state index in [2.05, 4.69) is 4.98 Å². The number of halogens is 1. The van der Waals surface area contributed by atoms with Crippen LogP contribution in [0, 0.1) is 11.8 Å². The van der Waals surface area contributed by atoms with Gasteiger partial charge in [0.2, 0.25) is 0 Å². The molecule has 0 aromatic carbocycles. The third-order valence-electron chi connectivity index (χ3n) is 3.96. The monoisotopic (exact) mass is 283 g/mol. The van der Waals surface area contributed by atoms with Crippen molar-refractivity contribution in [2.45, 2.75) is 45.1 Å². The summed E-state index contributed by atoms with van der Waals surface area (Å²) in [7, 11) is 0. The minimum absolute atomic E-state index is 0.299. The van der Waals surface area contributed by atoms with Gasteiger partial charge in [0.05, 0.1) is 23.4 Å². The van der Waals surface area contributed by atoms with Gasteiger partial charge in [0.15, 0.2) is 0 Å². The average Bonchev–Trinajstić information content (AvgIpc) is 2.36. The van der Waals surface area contributed by atoms with E-state index in [1.54, 1.807) is 18.5 Å². The fourth-order valence-electron chi connectivity index (χ4n) is 3.01. The SMILES string of the molecule is CC(C)(O)C1CCCCC1COc1cncc(Cl)c1. The highest BCUT2D eigenvalue weighted by atomic mass is 35.5. The summed E-state index contributed by atoms with van der Waals surface area (Å²) in [6.45, 7) is 4.42. The molecule has 0 aliphatic heterocycles. The predicted octanol–water partition coefficient (Wildman–Crippen LogP) is 3.69. The van der Waals surface area contributed by atoms with Crippen LogP contribution < -0.4 is 4.74 Å². The number of rotatable bonds is 4. The molecule has 2 rings (SSSR count). The highest BCUT2D eigenvalue weighted by Crippen LogP contribution is 2.37. The van der Waals surface area contributed by atoms with Crippen LogP contribution in [0.25, 0.3) is 0 Å². The Hall–Kier alpha value is -0.800. The van der Waals surface area contributed by atoms with E-state index in [1.807, 2.05) is 13.8 Å². The van der Waals surface area contributed by atoms with E-state index in [0.29, 0.717) is 29.2 Å². The zero-order valence-electron chi connectivity index (χ0n) is 11.6. The zero-order chi connectivity index (χ0) is 13.9. The second-order valence-corrected chi connectivity index (χ2v) is 6.39. The van der Waals surface area contributed by atoms with Gasteiger partial charge in [-0.1, -0.05) is 24.4 Å². The van der Waals surface area contributed by atoms with E-state index in [0.717, 1.165) is 12.8 Å². The van der Waals surface area contributed by atoms with Crippen LogP contribution in [-0.2, 0) is 0 Å². The maximum Gasteiger partial charge on any atom is 0.139 e. The van der Waals surface area contributed by atoms with Crippen molar-refractivity contribution in [2.75, 3.05) is 6.61 Å². The second-order valence-electron chi connectivity index (χ2n) is 5.95. The van der Waals surface area contributed by atoms with Crippen molar-refractivity contribution >= 4 is 11.6 Å². The topological polar surface area (TPSA) is 42.4 Å². The highest BCUT2D eigenvalue weighted by molar-refractivity contribution is 6.30. The Labute approximate surface area is 120 Å². The molecule has 1 aliphatic rings. The van der Waals surface area contributed by atoms with Crippen LogP contribution in [0.3, 0.4) is 0 Å². The molecule has 0 spiro atoms. The quantitative estimate of drug-likeness (QED) is 0.916. The third-order valence-corrected chi connectivity index (χ3v) is 4.17. The molecular weight excluding hydrogens is 262 g/mol. The van der Waals surface area contributed by atoms with Gasteiger partial charge in [0.25, 0.3) is 0 Å². The lowest BCUT2D eigenvalue weighted by molar-refractivity contribution is -0.0378. The molecule has 19 heavy (non-hydrogen) atoms. The summed E-state index contributed by atoms with van der Waals surface area (Å²) in [5.74, 6) is 1.40. The van der Waals surface area contributed by atoms with Gasteiger partial charge in [-0.2, -0.15) is 0 Å². The summed E-state index contributed by atoms with van der Waals surface area (Å²) in [5.41, 5.74) is -0.638. The van der Waals surface area contributed by atoms with Crippen molar-refractivity contribution in [2.24, 2.45) is 11.8 Å². The molecule has 1 aromatic heterocycles. The Balaban J connectivity index is 1.97. The average molecular weight is 284 g/mol. The molecule has 1 aliphatic carbocycles. The fraction of sp³-hybridized carbons (Fsp3) is 0.667. The van der Waals surface area contributed by atoms with Gasteiger partial charge >= 0.3 is 0 Å². The molecule has 0 bridgehead atoms. The van der Waals surface area contributed by atoms with Crippen LogP contribution in [0.15, 0.2) is 18.5 Å². The summed E-state index contributed by atoms with van der Waals surface area (Å²) in [6.07, 6.45) is 7.87. The maximum atomic E-state index is 10.3. The first-order chi connectivity index (χ1) is 8.97. The molecule has 1 heterocycles. The van der Waals surface area contributed by atoms with Gasteiger partial charge in [-0.05, 0) is 38.5 Å². The number of aromatic nitrogens is 1. The molecule has 1 aromatic rings. The van der Waals surface area contributed by atoms with Crippen LogP contribution >= 0.6 is 11.6 Å². The number of hydrogen-bond donors (Lipinski definition) is 1. The largest absolute Gasteiger partial charge is 0.492 e. The maximum absolute atomic E-state index is 10.3. The summed E-state index contributed by atoms with van der Waals surface area (Å²) in [6, 6.07) is 1.77. The van der Waals surface area contributed by atoms with E-state index in [1.165, 1.54) is 12.8 Å². The van der Waals surface area contributed by atoms with Crippen molar-refractivity contribution in [3.63, 3.8) is 0 Å². The van der Waals surface area contributed by atoms with Gasteiger partial charge in [0, 0.05) is 12.3 Å². The summed E-state index contributed by atoms with van der Waals surface area (Å²) < 4.78 is 5.79. The van der Waals surface area contributed by atoms with Gasteiger partial charge in [0.1, 0.15) is 5.75 Å². The second kappa shape index (κ2) is 6.10. The van der Waals surface area contributed by atoms with Gasteiger partial charge in [-0.25, -0.2) is 0 Å². The number of aliphatic hydroxyl groups is 1. The van der Waals surface area contributed by atoms with E-state index < -0.39 is 5.60 Å². The molecule has 1 saturated carbocycles. The minimum Gasteiger partial charge on any atom is -0.492 e. The van der Waals surface area contributed by atoms with E-state index in [-0.39, 0.29) is 0 Å². The number of hydrogen-bond acceptors (Lipinski definition) is 3. The Morgan fingerprint density at radius 1 is 1.37 bits per heavy atom.